The first-order chi connectivity index (χ1) is 11.8. The van der Waals surface area contributed by atoms with Gasteiger partial charge in [-0.05, 0) is 25.5 Å². The number of carbonyl (C=O) groups is 2. The molecule has 2 aliphatic rings. The van der Waals surface area contributed by atoms with Crippen molar-refractivity contribution in [1.82, 2.24) is 9.80 Å². The summed E-state index contributed by atoms with van der Waals surface area (Å²) in [5.74, 6) is 0.272. The summed E-state index contributed by atoms with van der Waals surface area (Å²) in [5, 5.41) is 10.1. The SMILES string of the molecule is Cc1ccc(C(=O)N2C[C@H]3CN(C(=O)C(C)C)C[C@@]3(CO)C2)c(C)c1. The number of likely N-dealkylation sites (tertiary alicyclic amines) is 2. The van der Waals surface area contributed by atoms with E-state index in [1.807, 2.05) is 55.7 Å². The van der Waals surface area contributed by atoms with Crippen LogP contribution in [0.3, 0.4) is 0 Å². The van der Waals surface area contributed by atoms with Crippen molar-refractivity contribution in [2.24, 2.45) is 17.3 Å². The maximum atomic E-state index is 13.0. The Hall–Kier alpha value is -1.88. The fraction of sp³-hybridized carbons (Fsp3) is 0.600. The van der Waals surface area contributed by atoms with Crippen molar-refractivity contribution in [3.05, 3.63) is 34.9 Å². The summed E-state index contributed by atoms with van der Waals surface area (Å²) in [7, 11) is 0. The molecule has 2 fully saturated rings. The van der Waals surface area contributed by atoms with E-state index in [1.54, 1.807) is 0 Å². The smallest absolute Gasteiger partial charge is 0.254 e. The number of benzene rings is 1. The number of rotatable bonds is 3. The van der Waals surface area contributed by atoms with E-state index in [9.17, 15) is 14.7 Å². The predicted molar refractivity (Wildman–Crippen MR) is 96.2 cm³/mol. The molecule has 0 radical (unpaired) electrons. The van der Waals surface area contributed by atoms with Crippen LogP contribution in [0.5, 0.6) is 0 Å². The van der Waals surface area contributed by atoms with Crippen molar-refractivity contribution in [3.63, 3.8) is 0 Å². The summed E-state index contributed by atoms with van der Waals surface area (Å²) < 4.78 is 0. The molecule has 1 aromatic rings. The van der Waals surface area contributed by atoms with Crippen LogP contribution in [0.4, 0.5) is 0 Å². The standard InChI is InChI=1S/C20H28N2O3/c1-13(2)18(24)21-8-16-9-22(11-20(16,10-21)12-23)19(25)17-6-5-14(3)7-15(17)4/h5-7,13,16,23H,8-12H2,1-4H3/t16-,20+/m1/s1. The minimum absolute atomic E-state index is 0.0101. The second-order valence-corrected chi connectivity index (χ2v) is 8.09. The molecule has 1 N–H and O–H groups in total. The zero-order valence-corrected chi connectivity index (χ0v) is 15.6. The second-order valence-electron chi connectivity index (χ2n) is 8.09. The van der Waals surface area contributed by atoms with E-state index in [-0.39, 0.29) is 35.7 Å². The Labute approximate surface area is 149 Å². The van der Waals surface area contributed by atoms with Crippen LogP contribution in [0.15, 0.2) is 18.2 Å². The Morgan fingerprint density at radius 3 is 2.40 bits per heavy atom. The van der Waals surface area contributed by atoms with Gasteiger partial charge < -0.3 is 14.9 Å². The first kappa shape index (κ1) is 17.9. The fourth-order valence-corrected chi connectivity index (χ4v) is 4.32. The Bertz CT molecular complexity index is 700. The molecular formula is C20H28N2O3. The van der Waals surface area contributed by atoms with Crippen LogP contribution in [-0.2, 0) is 4.79 Å². The summed E-state index contributed by atoms with van der Waals surface area (Å²) in [6.07, 6.45) is 0. The van der Waals surface area contributed by atoms with Gasteiger partial charge in [0.05, 0.1) is 6.61 Å². The van der Waals surface area contributed by atoms with Gasteiger partial charge in [-0.3, -0.25) is 9.59 Å². The van der Waals surface area contributed by atoms with E-state index >= 15 is 0 Å². The van der Waals surface area contributed by atoms with Crippen molar-refractivity contribution in [2.75, 3.05) is 32.8 Å². The van der Waals surface area contributed by atoms with E-state index < -0.39 is 0 Å². The van der Waals surface area contributed by atoms with Crippen molar-refractivity contribution in [1.29, 1.82) is 0 Å². The van der Waals surface area contributed by atoms with E-state index in [4.69, 9.17) is 0 Å². The molecule has 0 unspecified atom stereocenters. The molecule has 3 rings (SSSR count). The van der Waals surface area contributed by atoms with Crippen LogP contribution >= 0.6 is 0 Å². The van der Waals surface area contributed by atoms with Gasteiger partial charge in [-0.25, -0.2) is 0 Å². The highest BCUT2D eigenvalue weighted by atomic mass is 16.3. The van der Waals surface area contributed by atoms with E-state index in [1.165, 1.54) is 0 Å². The lowest BCUT2D eigenvalue weighted by atomic mass is 9.82. The van der Waals surface area contributed by atoms with Crippen LogP contribution in [0.1, 0.15) is 35.3 Å². The molecule has 2 amide bonds. The maximum absolute atomic E-state index is 13.0. The summed E-state index contributed by atoms with van der Waals surface area (Å²) in [6, 6.07) is 5.87. The van der Waals surface area contributed by atoms with Gasteiger partial charge in [0, 0.05) is 49.0 Å². The van der Waals surface area contributed by atoms with Gasteiger partial charge >= 0.3 is 0 Å². The number of aryl methyl sites for hydroxylation is 2. The maximum Gasteiger partial charge on any atom is 0.254 e. The monoisotopic (exact) mass is 344 g/mol. The van der Waals surface area contributed by atoms with Crippen molar-refractivity contribution >= 4 is 11.8 Å². The molecule has 25 heavy (non-hydrogen) atoms. The Kier molecular flexibility index (Phi) is 4.62. The van der Waals surface area contributed by atoms with Gasteiger partial charge in [0.2, 0.25) is 5.91 Å². The largest absolute Gasteiger partial charge is 0.396 e. The Morgan fingerprint density at radius 1 is 1.20 bits per heavy atom. The van der Waals surface area contributed by atoms with Gasteiger partial charge in [-0.1, -0.05) is 31.5 Å². The molecule has 0 bridgehead atoms. The topological polar surface area (TPSA) is 60.9 Å². The van der Waals surface area contributed by atoms with Crippen molar-refractivity contribution < 1.29 is 14.7 Å². The van der Waals surface area contributed by atoms with E-state index in [2.05, 4.69) is 0 Å². The van der Waals surface area contributed by atoms with Gasteiger partial charge in [-0.15, -0.1) is 0 Å². The first-order valence-corrected chi connectivity index (χ1v) is 9.03. The zero-order valence-electron chi connectivity index (χ0n) is 15.6. The quantitative estimate of drug-likeness (QED) is 0.910. The highest BCUT2D eigenvalue weighted by Gasteiger charge is 2.54. The molecule has 2 saturated heterocycles. The highest BCUT2D eigenvalue weighted by molar-refractivity contribution is 5.96. The van der Waals surface area contributed by atoms with Gasteiger partial charge in [-0.2, -0.15) is 0 Å². The third kappa shape index (κ3) is 3.06. The molecule has 2 heterocycles. The minimum atomic E-state index is -0.376. The van der Waals surface area contributed by atoms with E-state index in [0.29, 0.717) is 26.2 Å². The van der Waals surface area contributed by atoms with Crippen LogP contribution in [-0.4, -0.2) is 59.5 Å². The summed E-state index contributed by atoms with van der Waals surface area (Å²) in [5.41, 5.74) is 2.48. The molecule has 0 aromatic heterocycles. The molecule has 136 valence electrons. The van der Waals surface area contributed by atoms with Crippen molar-refractivity contribution in [3.8, 4) is 0 Å². The Balaban J connectivity index is 1.77. The molecule has 0 saturated carbocycles. The second kappa shape index (κ2) is 6.45. The third-order valence-electron chi connectivity index (χ3n) is 5.78. The minimum Gasteiger partial charge on any atom is -0.396 e. The lowest BCUT2D eigenvalue weighted by Gasteiger charge is -2.28. The van der Waals surface area contributed by atoms with Gasteiger partial charge in [0.25, 0.3) is 5.91 Å². The normalized spacial score (nSPS) is 25.6. The molecule has 2 atom stereocenters. The van der Waals surface area contributed by atoms with Crippen molar-refractivity contribution in [2.45, 2.75) is 27.7 Å². The van der Waals surface area contributed by atoms with Crippen LogP contribution < -0.4 is 0 Å². The number of amides is 2. The van der Waals surface area contributed by atoms with Gasteiger partial charge in [0.1, 0.15) is 0 Å². The summed E-state index contributed by atoms with van der Waals surface area (Å²) >= 11 is 0. The average molecular weight is 344 g/mol. The predicted octanol–water partition coefficient (Wildman–Crippen LogP) is 1.85. The lowest BCUT2D eigenvalue weighted by Crippen LogP contribution is -2.41. The number of fused-ring (bicyclic) bond motifs is 1. The molecule has 1 aromatic carbocycles. The molecule has 5 nitrogen and oxygen atoms in total. The number of hydrogen-bond acceptors (Lipinski definition) is 3. The summed E-state index contributed by atoms with van der Waals surface area (Å²) in [4.78, 5) is 29.0. The Morgan fingerprint density at radius 2 is 1.84 bits per heavy atom. The van der Waals surface area contributed by atoms with Gasteiger partial charge in [0.15, 0.2) is 0 Å². The molecule has 0 spiro atoms. The average Bonchev–Trinajstić information content (AvgIpc) is 3.08. The van der Waals surface area contributed by atoms with E-state index in [0.717, 1.165) is 16.7 Å². The molecule has 5 heteroatoms. The zero-order chi connectivity index (χ0) is 18.4. The third-order valence-corrected chi connectivity index (χ3v) is 5.78. The summed E-state index contributed by atoms with van der Waals surface area (Å²) in [6.45, 7) is 10.1. The van der Waals surface area contributed by atoms with Crippen LogP contribution in [0, 0.1) is 31.1 Å². The molecular weight excluding hydrogens is 316 g/mol. The molecule has 0 aliphatic carbocycles. The highest BCUT2D eigenvalue weighted by Crippen LogP contribution is 2.43. The molecule has 2 aliphatic heterocycles. The number of aliphatic hydroxyl groups is 1. The van der Waals surface area contributed by atoms with Crippen LogP contribution in [0.2, 0.25) is 0 Å². The number of nitrogens with zero attached hydrogens (tertiary/aromatic N) is 2. The number of carbonyl (C=O) groups excluding carboxylic acids is 2. The first-order valence-electron chi connectivity index (χ1n) is 9.03. The number of hydrogen-bond donors (Lipinski definition) is 1. The lowest BCUT2D eigenvalue weighted by molar-refractivity contribution is -0.134. The van der Waals surface area contributed by atoms with Crippen LogP contribution in [0.25, 0.3) is 0 Å². The number of aliphatic hydroxyl groups excluding tert-OH is 1. The fourth-order valence-electron chi connectivity index (χ4n) is 4.32.